The van der Waals surface area contributed by atoms with Crippen LogP contribution in [0.4, 0.5) is 5.69 Å². The molecule has 0 aliphatic rings. The molecule has 0 atom stereocenters. The molecule has 6 nitrogen and oxygen atoms in total. The van der Waals surface area contributed by atoms with Gasteiger partial charge in [-0.05, 0) is 40.6 Å². The first-order chi connectivity index (χ1) is 9.56. The second kappa shape index (κ2) is 5.71. The quantitative estimate of drug-likeness (QED) is 0.798. The molecular weight excluding hydrogens is 314 g/mol. The summed E-state index contributed by atoms with van der Waals surface area (Å²) in [7, 11) is -3.80. The van der Waals surface area contributed by atoms with Gasteiger partial charge in [0.2, 0.25) is 0 Å². The minimum absolute atomic E-state index is 0. The Labute approximate surface area is 126 Å². The number of hydrogen-bond donors (Lipinski definition) is 1. The lowest BCUT2D eigenvalue weighted by atomic mass is 10.3. The van der Waals surface area contributed by atoms with Crippen LogP contribution in [0, 0.1) is 0 Å². The molecular formula is C13H12ClN3O3S. The Balaban J connectivity index is 0.00000161. The molecule has 0 saturated carbocycles. The van der Waals surface area contributed by atoms with Crippen molar-refractivity contribution in [3.63, 3.8) is 0 Å². The van der Waals surface area contributed by atoms with Crippen LogP contribution in [0.3, 0.4) is 0 Å². The Morgan fingerprint density at radius 1 is 1.10 bits per heavy atom. The number of rotatable bonds is 3. The van der Waals surface area contributed by atoms with Crippen LogP contribution < -0.4 is 4.72 Å². The topological polar surface area (TPSA) is 85.1 Å². The van der Waals surface area contributed by atoms with E-state index in [4.69, 9.17) is 11.6 Å². The minimum Gasteiger partial charge on any atom is -0.280 e. The van der Waals surface area contributed by atoms with Crippen molar-refractivity contribution in [2.75, 3.05) is 4.72 Å². The van der Waals surface area contributed by atoms with Crippen LogP contribution in [0.2, 0.25) is 5.02 Å². The molecule has 1 heterocycles. The first-order valence-corrected chi connectivity index (χ1v) is 7.42. The predicted octanol–water partition coefficient (Wildman–Crippen LogP) is 3.31. The number of halogens is 1. The zero-order valence-electron chi connectivity index (χ0n) is 9.95. The summed E-state index contributed by atoms with van der Waals surface area (Å²) in [6, 6.07) is 11.0. The lowest BCUT2D eigenvalue weighted by Gasteiger charge is -2.08. The molecule has 0 amide bonds. The van der Waals surface area contributed by atoms with Crippen molar-refractivity contribution in [3.05, 3.63) is 47.5 Å². The van der Waals surface area contributed by atoms with Crippen LogP contribution in [-0.2, 0) is 10.0 Å². The van der Waals surface area contributed by atoms with Gasteiger partial charge in [0.05, 0.1) is 5.69 Å². The summed E-state index contributed by atoms with van der Waals surface area (Å²) in [5.41, 5.74) is 0.923. The molecule has 3 rings (SSSR count). The maximum atomic E-state index is 12.4. The van der Waals surface area contributed by atoms with E-state index in [0.717, 1.165) is 0 Å². The normalized spacial score (nSPS) is 11.1. The predicted molar refractivity (Wildman–Crippen MR) is 80.8 cm³/mol. The maximum Gasteiger partial charge on any atom is 0.264 e. The summed E-state index contributed by atoms with van der Waals surface area (Å²) in [4.78, 5) is -0.00349. The summed E-state index contributed by atoms with van der Waals surface area (Å²) in [6.07, 6.45) is 0. The summed E-state index contributed by atoms with van der Waals surface area (Å²) in [5.74, 6) is 0. The largest absolute Gasteiger partial charge is 0.280 e. The van der Waals surface area contributed by atoms with Gasteiger partial charge in [0, 0.05) is 5.02 Å². The number of nitrogens with one attached hydrogen (secondary N) is 1. The monoisotopic (exact) mass is 325 g/mol. The fourth-order valence-electron chi connectivity index (χ4n) is 1.76. The molecule has 0 spiro atoms. The number of hydrogen-bond acceptors (Lipinski definition) is 5. The molecule has 0 unspecified atom stereocenters. The van der Waals surface area contributed by atoms with Gasteiger partial charge in [-0.1, -0.05) is 31.2 Å². The highest BCUT2D eigenvalue weighted by molar-refractivity contribution is 7.93. The Hall–Kier alpha value is -2.12. The smallest absolute Gasteiger partial charge is 0.264 e. The Morgan fingerprint density at radius 3 is 2.62 bits per heavy atom. The number of benzene rings is 2. The van der Waals surface area contributed by atoms with E-state index in [-0.39, 0.29) is 17.8 Å². The van der Waals surface area contributed by atoms with Crippen molar-refractivity contribution in [1.29, 1.82) is 0 Å². The molecule has 110 valence electrons. The molecule has 0 fully saturated rings. The van der Waals surface area contributed by atoms with E-state index in [1.165, 1.54) is 12.1 Å². The van der Waals surface area contributed by atoms with Gasteiger partial charge in [0.15, 0.2) is 5.52 Å². The number of fused-ring (bicyclic) bond motifs is 1. The molecule has 0 bridgehead atoms. The molecule has 0 radical (unpaired) electrons. The van der Waals surface area contributed by atoms with Crippen molar-refractivity contribution in [2.45, 2.75) is 12.3 Å². The van der Waals surface area contributed by atoms with E-state index in [0.29, 0.717) is 16.2 Å². The fraction of sp³-hybridized carbons (Fsp3) is 0.0769. The lowest BCUT2D eigenvalue weighted by molar-refractivity contribution is 0.315. The highest BCUT2D eigenvalue weighted by Gasteiger charge is 2.20. The van der Waals surface area contributed by atoms with Crippen LogP contribution in [0.5, 0.6) is 0 Å². The number of aromatic nitrogens is 2. The Morgan fingerprint density at radius 2 is 1.86 bits per heavy atom. The number of nitrogens with zero attached hydrogens (tertiary/aromatic N) is 2. The minimum atomic E-state index is -3.80. The second-order valence-corrected chi connectivity index (χ2v) is 6.09. The van der Waals surface area contributed by atoms with Crippen molar-refractivity contribution < 1.29 is 13.0 Å². The average Bonchev–Trinajstić information content (AvgIpc) is 2.85. The third kappa shape index (κ3) is 2.98. The van der Waals surface area contributed by atoms with Crippen LogP contribution >= 0.6 is 11.6 Å². The number of sulfonamides is 1. The second-order valence-electron chi connectivity index (χ2n) is 4.00. The van der Waals surface area contributed by atoms with Crippen LogP contribution in [0.1, 0.15) is 7.43 Å². The maximum absolute atomic E-state index is 12.4. The first kappa shape index (κ1) is 15.3. The highest BCUT2D eigenvalue weighted by atomic mass is 35.5. The van der Waals surface area contributed by atoms with Gasteiger partial charge in [0.25, 0.3) is 10.0 Å². The zero-order chi connectivity index (χ0) is 14.2. The van der Waals surface area contributed by atoms with Crippen LogP contribution in [0.15, 0.2) is 52.0 Å². The summed E-state index contributed by atoms with van der Waals surface area (Å²) in [6.45, 7) is 0. The fourth-order valence-corrected chi connectivity index (χ4v) is 3.15. The van der Waals surface area contributed by atoms with Gasteiger partial charge in [-0.15, -0.1) is 0 Å². The van der Waals surface area contributed by atoms with Gasteiger partial charge >= 0.3 is 0 Å². The van der Waals surface area contributed by atoms with Gasteiger partial charge in [0.1, 0.15) is 10.4 Å². The van der Waals surface area contributed by atoms with Crippen molar-refractivity contribution in [1.82, 2.24) is 10.3 Å². The Kier molecular flexibility index (Phi) is 4.15. The number of anilines is 1. The molecule has 21 heavy (non-hydrogen) atoms. The molecule has 8 heteroatoms. The summed E-state index contributed by atoms with van der Waals surface area (Å²) in [5, 5.41) is 7.66. The molecule has 0 aliphatic heterocycles. The van der Waals surface area contributed by atoms with Crippen LogP contribution in [0.25, 0.3) is 11.0 Å². The van der Waals surface area contributed by atoms with Gasteiger partial charge < -0.3 is 0 Å². The van der Waals surface area contributed by atoms with Gasteiger partial charge in [-0.3, -0.25) is 4.72 Å². The molecule has 3 aromatic rings. The summed E-state index contributed by atoms with van der Waals surface area (Å²) >= 11 is 5.83. The van der Waals surface area contributed by atoms with Crippen molar-refractivity contribution in [3.8, 4) is 0 Å². The Bertz CT molecular complexity index is 877. The lowest BCUT2D eigenvalue weighted by Crippen LogP contribution is -2.13. The van der Waals surface area contributed by atoms with E-state index in [2.05, 4.69) is 19.7 Å². The van der Waals surface area contributed by atoms with E-state index in [9.17, 15) is 8.42 Å². The summed E-state index contributed by atoms with van der Waals surface area (Å²) < 4.78 is 31.7. The first-order valence-electron chi connectivity index (χ1n) is 5.56. The van der Waals surface area contributed by atoms with Crippen LogP contribution in [-0.4, -0.2) is 18.7 Å². The molecule has 1 aromatic heterocycles. The third-order valence-corrected chi connectivity index (χ3v) is 4.26. The molecule has 2 aromatic carbocycles. The van der Waals surface area contributed by atoms with Crippen molar-refractivity contribution in [2.24, 2.45) is 0 Å². The molecule has 0 aliphatic carbocycles. The van der Waals surface area contributed by atoms with E-state index in [1.807, 2.05) is 0 Å². The van der Waals surface area contributed by atoms with E-state index >= 15 is 0 Å². The molecule has 0 saturated heterocycles. The van der Waals surface area contributed by atoms with E-state index < -0.39 is 10.0 Å². The zero-order valence-corrected chi connectivity index (χ0v) is 11.5. The van der Waals surface area contributed by atoms with Gasteiger partial charge in [-0.25, -0.2) is 13.0 Å². The van der Waals surface area contributed by atoms with Gasteiger partial charge in [-0.2, -0.15) is 0 Å². The average molecular weight is 326 g/mol. The highest BCUT2D eigenvalue weighted by Crippen LogP contribution is 2.23. The van der Waals surface area contributed by atoms with Crippen molar-refractivity contribution >= 4 is 38.3 Å². The standard InChI is InChI=1S/C12H8ClN3O3S.CH4/c13-8-3-1-4-9(7-8)16-20(17,18)11-6-2-5-10-12(11)15-19-14-10;/h1-7,16H;1H4. The SMILES string of the molecule is C.O=S(=O)(Nc1cccc(Cl)c1)c1cccc2nonc12. The van der Waals surface area contributed by atoms with E-state index in [1.54, 1.807) is 30.3 Å². The molecule has 1 N–H and O–H groups in total. The third-order valence-electron chi connectivity index (χ3n) is 2.62.